The van der Waals surface area contributed by atoms with Gasteiger partial charge >= 0.3 is 0 Å². The minimum absolute atomic E-state index is 0.353. The van der Waals surface area contributed by atoms with Crippen molar-refractivity contribution in [2.24, 2.45) is 7.05 Å². The summed E-state index contributed by atoms with van der Waals surface area (Å²) in [5.74, 6) is 0. The summed E-state index contributed by atoms with van der Waals surface area (Å²) in [5, 5.41) is 8.93. The molecule has 21 heavy (non-hydrogen) atoms. The number of aromatic nitrogens is 2. The monoisotopic (exact) mass is 305 g/mol. The van der Waals surface area contributed by atoms with E-state index in [4.69, 9.17) is 11.6 Å². The van der Waals surface area contributed by atoms with E-state index in [0.29, 0.717) is 6.04 Å². The van der Waals surface area contributed by atoms with Gasteiger partial charge in [-0.25, -0.2) is 0 Å². The summed E-state index contributed by atoms with van der Waals surface area (Å²) < 4.78 is 1.95. The van der Waals surface area contributed by atoms with Crippen LogP contribution in [0.15, 0.2) is 24.3 Å². The first kappa shape index (κ1) is 16.1. The van der Waals surface area contributed by atoms with Crippen molar-refractivity contribution in [2.45, 2.75) is 46.2 Å². The van der Waals surface area contributed by atoms with E-state index in [1.54, 1.807) is 0 Å². The summed E-state index contributed by atoms with van der Waals surface area (Å²) >= 11 is 5.98. The van der Waals surface area contributed by atoms with Crippen molar-refractivity contribution in [1.82, 2.24) is 15.1 Å². The molecule has 0 aliphatic carbocycles. The van der Waals surface area contributed by atoms with E-state index < -0.39 is 0 Å². The predicted octanol–water partition coefficient (Wildman–Crippen LogP) is 4.32. The first-order chi connectivity index (χ1) is 10.0. The average Bonchev–Trinajstić information content (AvgIpc) is 2.70. The van der Waals surface area contributed by atoms with Crippen molar-refractivity contribution in [3.63, 3.8) is 0 Å². The molecular weight excluding hydrogens is 282 g/mol. The van der Waals surface area contributed by atoms with Gasteiger partial charge in [0.15, 0.2) is 0 Å². The van der Waals surface area contributed by atoms with Gasteiger partial charge in [0.05, 0.1) is 5.69 Å². The molecular formula is C17H24ClN3. The number of benzene rings is 1. The van der Waals surface area contributed by atoms with Gasteiger partial charge in [0.25, 0.3) is 0 Å². The van der Waals surface area contributed by atoms with E-state index in [1.165, 1.54) is 16.8 Å². The highest BCUT2D eigenvalue weighted by atomic mass is 35.5. The van der Waals surface area contributed by atoms with Crippen LogP contribution >= 0.6 is 11.6 Å². The van der Waals surface area contributed by atoms with Crippen molar-refractivity contribution in [3.05, 3.63) is 51.8 Å². The van der Waals surface area contributed by atoms with Gasteiger partial charge in [-0.3, -0.25) is 4.68 Å². The molecule has 0 spiro atoms. The highest BCUT2D eigenvalue weighted by molar-refractivity contribution is 6.30. The normalized spacial score (nSPS) is 12.6. The van der Waals surface area contributed by atoms with E-state index in [0.717, 1.165) is 30.1 Å². The number of rotatable bonds is 6. The zero-order valence-corrected chi connectivity index (χ0v) is 14.0. The predicted molar refractivity (Wildman–Crippen MR) is 88.6 cm³/mol. The Balaban J connectivity index is 2.11. The lowest BCUT2D eigenvalue weighted by Crippen LogP contribution is -2.21. The lowest BCUT2D eigenvalue weighted by atomic mass is 10.0. The Morgan fingerprint density at radius 2 is 1.90 bits per heavy atom. The van der Waals surface area contributed by atoms with E-state index >= 15 is 0 Å². The SMILES string of the molecule is CCCC(NCc1c(C)nn(C)c1C)c1ccc(Cl)cc1. The molecule has 4 heteroatoms. The molecule has 0 aliphatic rings. The lowest BCUT2D eigenvalue weighted by Gasteiger charge is -2.19. The number of halogens is 1. The molecule has 0 aliphatic heterocycles. The Bertz CT molecular complexity index is 587. The van der Waals surface area contributed by atoms with Gasteiger partial charge in [0.1, 0.15) is 0 Å². The Morgan fingerprint density at radius 3 is 2.43 bits per heavy atom. The molecule has 0 saturated carbocycles. The molecule has 0 radical (unpaired) electrons. The summed E-state index contributed by atoms with van der Waals surface area (Å²) in [6, 6.07) is 8.49. The zero-order chi connectivity index (χ0) is 15.4. The Hall–Kier alpha value is -1.32. The summed E-state index contributed by atoms with van der Waals surface area (Å²) in [7, 11) is 1.99. The van der Waals surface area contributed by atoms with E-state index in [9.17, 15) is 0 Å². The van der Waals surface area contributed by atoms with Crippen molar-refractivity contribution in [3.8, 4) is 0 Å². The smallest absolute Gasteiger partial charge is 0.0641 e. The molecule has 0 saturated heterocycles. The Morgan fingerprint density at radius 1 is 1.24 bits per heavy atom. The molecule has 1 atom stereocenters. The first-order valence-electron chi connectivity index (χ1n) is 7.50. The highest BCUT2D eigenvalue weighted by Crippen LogP contribution is 2.22. The quantitative estimate of drug-likeness (QED) is 0.861. The van der Waals surface area contributed by atoms with Gasteiger partial charge in [-0.1, -0.05) is 37.1 Å². The molecule has 3 nitrogen and oxygen atoms in total. The van der Waals surface area contributed by atoms with Crippen LogP contribution in [0.1, 0.15) is 48.3 Å². The Labute approximate surface area is 132 Å². The standard InChI is InChI=1S/C17H24ClN3/c1-5-6-17(14-7-9-15(18)10-8-14)19-11-16-12(2)20-21(4)13(16)3/h7-10,17,19H,5-6,11H2,1-4H3. The van der Waals surface area contributed by atoms with Crippen LogP contribution in [0.25, 0.3) is 0 Å². The van der Waals surface area contributed by atoms with Gasteiger partial charge in [0, 0.05) is 35.9 Å². The van der Waals surface area contributed by atoms with Gasteiger partial charge in [-0.05, 0) is 38.0 Å². The number of hydrogen-bond acceptors (Lipinski definition) is 2. The van der Waals surface area contributed by atoms with Crippen LogP contribution in [0.2, 0.25) is 5.02 Å². The fourth-order valence-corrected chi connectivity index (χ4v) is 2.79. The molecule has 0 amide bonds. The van der Waals surface area contributed by atoms with E-state index in [1.807, 2.05) is 23.9 Å². The third kappa shape index (κ3) is 3.86. The van der Waals surface area contributed by atoms with Crippen LogP contribution in [0.3, 0.4) is 0 Å². The largest absolute Gasteiger partial charge is 0.306 e. The molecule has 114 valence electrons. The molecule has 1 aromatic heterocycles. The van der Waals surface area contributed by atoms with Crippen LogP contribution in [-0.2, 0) is 13.6 Å². The molecule has 2 rings (SSSR count). The molecule has 1 aromatic carbocycles. The summed E-state index contributed by atoms with van der Waals surface area (Å²) in [4.78, 5) is 0. The van der Waals surface area contributed by atoms with Gasteiger partial charge in [-0.2, -0.15) is 5.10 Å². The molecule has 0 fully saturated rings. The van der Waals surface area contributed by atoms with Gasteiger partial charge < -0.3 is 5.32 Å². The van der Waals surface area contributed by atoms with Crippen LogP contribution < -0.4 is 5.32 Å². The number of nitrogens with one attached hydrogen (secondary N) is 1. The molecule has 2 aromatic rings. The minimum atomic E-state index is 0.353. The van der Waals surface area contributed by atoms with Crippen molar-refractivity contribution >= 4 is 11.6 Å². The summed E-state index contributed by atoms with van der Waals surface area (Å²) in [5.41, 5.74) is 4.92. The van der Waals surface area contributed by atoms with Gasteiger partial charge in [-0.15, -0.1) is 0 Å². The molecule has 1 heterocycles. The van der Waals surface area contributed by atoms with E-state index in [2.05, 4.69) is 43.3 Å². The second kappa shape index (κ2) is 7.10. The topological polar surface area (TPSA) is 29.9 Å². The highest BCUT2D eigenvalue weighted by Gasteiger charge is 2.14. The zero-order valence-electron chi connectivity index (χ0n) is 13.3. The van der Waals surface area contributed by atoms with Gasteiger partial charge in [0.2, 0.25) is 0 Å². The second-order valence-corrected chi connectivity index (χ2v) is 5.98. The van der Waals surface area contributed by atoms with Crippen LogP contribution in [0.5, 0.6) is 0 Å². The van der Waals surface area contributed by atoms with Crippen LogP contribution in [0.4, 0.5) is 0 Å². The maximum atomic E-state index is 5.98. The fourth-order valence-electron chi connectivity index (χ4n) is 2.67. The van der Waals surface area contributed by atoms with Crippen molar-refractivity contribution in [2.75, 3.05) is 0 Å². The third-order valence-electron chi connectivity index (χ3n) is 4.03. The number of nitrogens with zero attached hydrogens (tertiary/aromatic N) is 2. The first-order valence-corrected chi connectivity index (χ1v) is 7.88. The Kier molecular flexibility index (Phi) is 5.43. The summed E-state index contributed by atoms with van der Waals surface area (Å²) in [6.45, 7) is 7.25. The maximum Gasteiger partial charge on any atom is 0.0641 e. The van der Waals surface area contributed by atoms with Crippen molar-refractivity contribution in [1.29, 1.82) is 0 Å². The maximum absolute atomic E-state index is 5.98. The van der Waals surface area contributed by atoms with Crippen LogP contribution in [-0.4, -0.2) is 9.78 Å². The number of aryl methyl sites for hydroxylation is 2. The van der Waals surface area contributed by atoms with E-state index in [-0.39, 0.29) is 0 Å². The molecule has 0 bridgehead atoms. The lowest BCUT2D eigenvalue weighted by molar-refractivity contribution is 0.492. The third-order valence-corrected chi connectivity index (χ3v) is 4.29. The van der Waals surface area contributed by atoms with Crippen LogP contribution in [0, 0.1) is 13.8 Å². The molecule has 1 unspecified atom stereocenters. The summed E-state index contributed by atoms with van der Waals surface area (Å²) in [6.07, 6.45) is 2.26. The fraction of sp³-hybridized carbons (Fsp3) is 0.471. The number of hydrogen-bond donors (Lipinski definition) is 1. The molecule has 1 N–H and O–H groups in total. The van der Waals surface area contributed by atoms with Crippen molar-refractivity contribution < 1.29 is 0 Å². The minimum Gasteiger partial charge on any atom is -0.306 e. The average molecular weight is 306 g/mol. The second-order valence-electron chi connectivity index (χ2n) is 5.55.